The van der Waals surface area contributed by atoms with Crippen molar-refractivity contribution >= 4 is 89.9 Å². The molecule has 0 amide bonds. The molecule has 0 aromatic carbocycles. The van der Waals surface area contributed by atoms with E-state index in [2.05, 4.69) is 4.12 Å². The molecule has 0 fully saturated rings. The first-order chi connectivity index (χ1) is 3.71. The van der Waals surface area contributed by atoms with Crippen LogP contribution in [0.15, 0.2) is 0 Å². The largest absolute Gasteiger partial charge is 0.485 e. The standard InChI is InChI=1S/Cl6OSi2.Si/c1-8(2,3)7-9(4,5)6;. The van der Waals surface area contributed by atoms with Crippen molar-refractivity contribution in [3.05, 3.63) is 0 Å². The Morgan fingerprint density at radius 3 is 0.900 bits per heavy atom. The minimum atomic E-state index is -3.21. The van der Waals surface area contributed by atoms with Crippen LogP contribution in [0.1, 0.15) is 0 Å². The molecule has 0 spiro atoms. The third-order valence-electron chi connectivity index (χ3n) is 0.231. The highest BCUT2D eigenvalue weighted by atomic mass is 35.9. The second kappa shape index (κ2) is 5.16. The molecule has 60 valence electrons. The van der Waals surface area contributed by atoms with Crippen molar-refractivity contribution in [2.75, 3.05) is 0 Å². The maximum absolute atomic E-state index is 5.25. The molecule has 0 aromatic rings. The van der Waals surface area contributed by atoms with Crippen molar-refractivity contribution in [2.45, 2.75) is 0 Å². The normalized spacial score (nSPS) is 12.6. The molecule has 10 heteroatoms. The van der Waals surface area contributed by atoms with Crippen molar-refractivity contribution in [3.8, 4) is 0 Å². The highest BCUT2D eigenvalue weighted by Gasteiger charge is 2.41. The molecule has 0 atom stereocenters. The van der Waals surface area contributed by atoms with Gasteiger partial charge in [-0.1, -0.05) is 66.5 Å². The fraction of sp³-hybridized carbons (Fsp3) is 0. The van der Waals surface area contributed by atoms with Crippen molar-refractivity contribution in [1.29, 1.82) is 0 Å². The Kier molecular flexibility index (Phi) is 7.66. The second-order valence-corrected chi connectivity index (χ2v) is 16.7. The van der Waals surface area contributed by atoms with E-state index in [0.29, 0.717) is 0 Å². The molecular weight excluding hydrogens is 313 g/mol. The van der Waals surface area contributed by atoms with E-state index in [4.69, 9.17) is 66.5 Å². The average Bonchev–Trinajstić information content (AvgIpc) is 1.14. The lowest BCUT2D eigenvalue weighted by atomic mass is 15.8. The Labute approximate surface area is 93.3 Å². The summed E-state index contributed by atoms with van der Waals surface area (Å²) in [7, 11) is 0. The highest BCUT2D eigenvalue weighted by Crippen LogP contribution is 2.32. The van der Waals surface area contributed by atoms with Crippen LogP contribution in [0, 0.1) is 0 Å². The number of hydrogen-bond donors (Lipinski definition) is 0. The van der Waals surface area contributed by atoms with Crippen LogP contribution >= 0.6 is 66.5 Å². The molecule has 4 radical (unpaired) electrons. The highest BCUT2D eigenvalue weighted by molar-refractivity contribution is 7.69. The van der Waals surface area contributed by atoms with Gasteiger partial charge in [0.15, 0.2) is 0 Å². The van der Waals surface area contributed by atoms with Gasteiger partial charge in [0.1, 0.15) is 0 Å². The first-order valence-corrected chi connectivity index (χ1v) is 11.4. The van der Waals surface area contributed by atoms with Crippen molar-refractivity contribution < 1.29 is 4.12 Å². The predicted octanol–water partition coefficient (Wildman–Crippen LogP) is 2.93. The maximum Gasteiger partial charge on any atom is 0.485 e. The third kappa shape index (κ3) is 13.0. The second-order valence-electron chi connectivity index (χ2n) is 0.994. The van der Waals surface area contributed by atoms with E-state index in [1.807, 2.05) is 0 Å². The molecule has 0 unspecified atom stereocenters. The molecule has 0 aliphatic carbocycles. The molecule has 0 aliphatic rings. The average molecular weight is 313 g/mol. The van der Waals surface area contributed by atoms with Crippen LogP contribution in [0.2, 0.25) is 0 Å². The smallest absolute Gasteiger partial charge is 0.387 e. The van der Waals surface area contributed by atoms with Gasteiger partial charge >= 0.3 is 12.5 Å². The van der Waals surface area contributed by atoms with E-state index in [-0.39, 0.29) is 11.0 Å². The fourth-order valence-corrected chi connectivity index (χ4v) is 10.6. The molecule has 0 saturated heterocycles. The SMILES string of the molecule is Cl[Si](Cl)(Cl)O[Si](Cl)(Cl)Cl.[Si]. The van der Waals surface area contributed by atoms with Gasteiger partial charge in [-0.05, 0) is 0 Å². The minimum absolute atomic E-state index is 0. The summed E-state index contributed by atoms with van der Waals surface area (Å²) >= 11 is 31.5. The molecule has 10 heavy (non-hydrogen) atoms. The Morgan fingerprint density at radius 1 is 0.700 bits per heavy atom. The lowest BCUT2D eigenvalue weighted by Crippen LogP contribution is -2.29. The minimum Gasteiger partial charge on any atom is -0.387 e. The van der Waals surface area contributed by atoms with E-state index >= 15 is 0 Å². The van der Waals surface area contributed by atoms with E-state index in [1.165, 1.54) is 0 Å². The quantitative estimate of drug-likeness (QED) is 0.563. The fourth-order valence-electron chi connectivity index (χ4n) is 0.131. The molecule has 0 heterocycles. The number of halogens is 6. The van der Waals surface area contributed by atoms with Gasteiger partial charge in [-0.3, -0.25) is 0 Å². The summed E-state index contributed by atoms with van der Waals surface area (Å²) in [6.45, 7) is 0. The first-order valence-electron chi connectivity index (χ1n) is 1.54. The van der Waals surface area contributed by atoms with Crippen LogP contribution in [0.25, 0.3) is 0 Å². The van der Waals surface area contributed by atoms with Gasteiger partial charge in [0.2, 0.25) is 0 Å². The Bertz CT molecular complexity index is 78.1. The summed E-state index contributed by atoms with van der Waals surface area (Å²) in [4.78, 5) is 0. The van der Waals surface area contributed by atoms with Gasteiger partial charge in [0.25, 0.3) is 0 Å². The first kappa shape index (κ1) is 14.9. The van der Waals surface area contributed by atoms with Crippen LogP contribution < -0.4 is 0 Å². The zero-order valence-corrected chi connectivity index (χ0v) is 11.7. The molecule has 1 nitrogen and oxygen atoms in total. The van der Waals surface area contributed by atoms with Gasteiger partial charge in [0, 0.05) is 11.0 Å². The van der Waals surface area contributed by atoms with Crippen LogP contribution in [0.4, 0.5) is 0 Å². The lowest BCUT2D eigenvalue weighted by molar-refractivity contribution is 0.644. The number of hydrogen-bond acceptors (Lipinski definition) is 1. The van der Waals surface area contributed by atoms with Gasteiger partial charge in [-0.2, -0.15) is 0 Å². The van der Waals surface area contributed by atoms with Crippen molar-refractivity contribution in [1.82, 2.24) is 0 Å². The Balaban J connectivity index is 0. The van der Waals surface area contributed by atoms with Gasteiger partial charge in [0.05, 0.1) is 0 Å². The number of rotatable bonds is 2. The third-order valence-corrected chi connectivity index (χ3v) is 6.25. The van der Waals surface area contributed by atoms with Gasteiger partial charge < -0.3 is 4.12 Å². The van der Waals surface area contributed by atoms with Crippen LogP contribution in [-0.4, -0.2) is 23.5 Å². The van der Waals surface area contributed by atoms with Crippen LogP contribution in [0.3, 0.4) is 0 Å². The lowest BCUT2D eigenvalue weighted by Gasteiger charge is -2.13. The molecule has 0 N–H and O–H groups in total. The summed E-state index contributed by atoms with van der Waals surface area (Å²) in [5, 5.41) is 0. The summed E-state index contributed by atoms with van der Waals surface area (Å²) < 4.78 is 4.50. The Hall–Kier alpha value is 2.35. The zero-order chi connectivity index (χ0) is 7.71. The van der Waals surface area contributed by atoms with E-state index in [0.717, 1.165) is 0 Å². The van der Waals surface area contributed by atoms with E-state index < -0.39 is 12.5 Å². The van der Waals surface area contributed by atoms with E-state index in [9.17, 15) is 0 Å². The van der Waals surface area contributed by atoms with Crippen LogP contribution in [0.5, 0.6) is 0 Å². The summed E-state index contributed by atoms with van der Waals surface area (Å²) in [6, 6.07) is 0. The summed E-state index contributed by atoms with van der Waals surface area (Å²) in [6.07, 6.45) is -6.42. The predicted molar refractivity (Wildman–Crippen MR) is 53.5 cm³/mol. The van der Waals surface area contributed by atoms with E-state index in [1.54, 1.807) is 0 Å². The molecule has 0 saturated carbocycles. The van der Waals surface area contributed by atoms with Gasteiger partial charge in [-0.15, -0.1) is 0 Å². The van der Waals surface area contributed by atoms with Crippen molar-refractivity contribution in [3.63, 3.8) is 0 Å². The van der Waals surface area contributed by atoms with Crippen LogP contribution in [-0.2, 0) is 4.12 Å². The molecule has 0 bridgehead atoms. The van der Waals surface area contributed by atoms with Gasteiger partial charge in [-0.25, -0.2) is 0 Å². The maximum atomic E-state index is 5.25. The molecular formula is Cl6OSi3. The topological polar surface area (TPSA) is 9.23 Å². The molecule has 0 aromatic heterocycles. The summed E-state index contributed by atoms with van der Waals surface area (Å²) in [5.41, 5.74) is 0. The monoisotopic (exact) mass is 310 g/mol. The van der Waals surface area contributed by atoms with Crippen molar-refractivity contribution in [2.24, 2.45) is 0 Å². The zero-order valence-electron chi connectivity index (χ0n) is 4.18. The Morgan fingerprint density at radius 2 is 0.900 bits per heavy atom. The summed E-state index contributed by atoms with van der Waals surface area (Å²) in [5.74, 6) is 0. The molecule has 0 aliphatic heterocycles. The molecule has 0 rings (SSSR count).